The summed E-state index contributed by atoms with van der Waals surface area (Å²) in [5.41, 5.74) is 11.8. The first kappa shape index (κ1) is 33.4. The highest BCUT2D eigenvalue weighted by Crippen LogP contribution is 2.45. The molecule has 0 aliphatic carbocycles. The fourth-order valence-electron chi connectivity index (χ4n) is 4.05. The van der Waals surface area contributed by atoms with Crippen molar-refractivity contribution < 1.29 is 47.6 Å². The number of thiophene rings is 3. The molecule has 0 unspecified atom stereocenters. The summed E-state index contributed by atoms with van der Waals surface area (Å²) < 4.78 is 32.2. The predicted octanol–water partition coefficient (Wildman–Crippen LogP) is 5.01. The molecule has 4 rings (SSSR count). The van der Waals surface area contributed by atoms with Gasteiger partial charge in [0.25, 0.3) is 0 Å². The first-order valence-corrected chi connectivity index (χ1v) is 16.1. The Morgan fingerprint density at radius 1 is 0.622 bits per heavy atom. The Balaban J connectivity index is 1.75. The molecule has 0 spiro atoms. The number of anilines is 2. The van der Waals surface area contributed by atoms with E-state index in [0.29, 0.717) is 21.3 Å². The highest BCUT2D eigenvalue weighted by molar-refractivity contribution is 7.21. The zero-order chi connectivity index (χ0) is 32.7. The summed E-state index contributed by atoms with van der Waals surface area (Å²) in [6.07, 6.45) is 2.90. The van der Waals surface area contributed by atoms with Crippen LogP contribution in [0, 0.1) is 0 Å². The molecular weight excluding hydrogens is 649 g/mol. The molecule has 1 aliphatic rings. The number of carbonyl (C=O) groups is 4. The highest BCUT2D eigenvalue weighted by atomic mass is 32.1. The average Bonchev–Trinajstić information content (AvgIpc) is 3.65. The number of rotatable bonds is 12. The molecule has 17 heteroatoms. The number of fused-ring (bicyclic) bond motifs is 1. The van der Waals surface area contributed by atoms with Crippen LogP contribution in [-0.2, 0) is 18.9 Å². The molecule has 0 atom stereocenters. The number of ether oxygens (including phenoxy) is 6. The zero-order valence-corrected chi connectivity index (χ0v) is 27.2. The average molecular weight is 679 g/mol. The van der Waals surface area contributed by atoms with Crippen molar-refractivity contribution in [3.05, 3.63) is 32.0 Å². The lowest BCUT2D eigenvalue weighted by atomic mass is 10.1. The first-order chi connectivity index (χ1) is 21.7. The summed E-state index contributed by atoms with van der Waals surface area (Å²) in [7, 11) is 0. The number of nitrogen functional groups attached to an aromatic ring is 2. The molecule has 14 nitrogen and oxygen atoms in total. The quantitative estimate of drug-likeness (QED) is 0.148. The summed E-state index contributed by atoms with van der Waals surface area (Å²) >= 11 is 3.06. The van der Waals surface area contributed by atoms with Gasteiger partial charge >= 0.3 is 23.9 Å². The van der Waals surface area contributed by atoms with Crippen molar-refractivity contribution in [2.75, 3.05) is 51.1 Å². The van der Waals surface area contributed by atoms with Gasteiger partial charge in [-0.05, 0) is 27.7 Å². The van der Waals surface area contributed by atoms with Gasteiger partial charge in [0.15, 0.2) is 11.5 Å². The summed E-state index contributed by atoms with van der Waals surface area (Å²) in [5.74, 6) is -2.29. The monoisotopic (exact) mass is 678 g/mol. The molecule has 0 fully saturated rings. The Kier molecular flexibility index (Phi) is 11.1. The third kappa shape index (κ3) is 7.10. The molecule has 0 aromatic carbocycles. The van der Waals surface area contributed by atoms with E-state index in [-0.39, 0.29) is 81.9 Å². The fourth-order valence-corrected chi connectivity index (χ4v) is 6.77. The molecule has 0 bridgehead atoms. The molecular formula is C28H30N4O10S3. The maximum absolute atomic E-state index is 12.8. The van der Waals surface area contributed by atoms with Crippen molar-refractivity contribution in [2.45, 2.75) is 27.7 Å². The maximum Gasteiger partial charge on any atom is 0.342 e. The largest absolute Gasteiger partial charge is 0.485 e. The molecule has 1 aliphatic heterocycles. The Hall–Kier alpha value is -4.48. The summed E-state index contributed by atoms with van der Waals surface area (Å²) in [4.78, 5) is 60.8. The van der Waals surface area contributed by atoms with E-state index in [1.54, 1.807) is 27.7 Å². The maximum atomic E-state index is 12.8. The van der Waals surface area contributed by atoms with Crippen molar-refractivity contribution in [3.8, 4) is 11.5 Å². The van der Waals surface area contributed by atoms with Crippen LogP contribution in [0.2, 0.25) is 0 Å². The molecule has 0 amide bonds. The van der Waals surface area contributed by atoms with Crippen LogP contribution in [0.1, 0.15) is 78.9 Å². The lowest BCUT2D eigenvalue weighted by Crippen LogP contribution is -2.15. The van der Waals surface area contributed by atoms with Gasteiger partial charge in [0, 0.05) is 12.4 Å². The Morgan fingerprint density at radius 2 is 0.956 bits per heavy atom. The van der Waals surface area contributed by atoms with Crippen LogP contribution in [0.3, 0.4) is 0 Å². The zero-order valence-electron chi connectivity index (χ0n) is 24.8. The third-order valence-electron chi connectivity index (χ3n) is 5.80. The van der Waals surface area contributed by atoms with Gasteiger partial charge in [-0.15, -0.1) is 11.3 Å². The van der Waals surface area contributed by atoms with Crippen molar-refractivity contribution in [3.63, 3.8) is 0 Å². The van der Waals surface area contributed by atoms with Crippen LogP contribution < -0.4 is 20.9 Å². The van der Waals surface area contributed by atoms with Gasteiger partial charge in [-0.1, -0.05) is 22.7 Å². The van der Waals surface area contributed by atoms with Crippen LogP contribution in [0.15, 0.2) is 9.98 Å². The van der Waals surface area contributed by atoms with Gasteiger partial charge in [0.05, 0.1) is 36.2 Å². The number of nitrogens with zero attached hydrogens (tertiary/aromatic N) is 2. The van der Waals surface area contributed by atoms with Gasteiger partial charge in [0.2, 0.25) is 0 Å². The minimum atomic E-state index is -0.768. The normalized spacial score (nSPS) is 12.4. The van der Waals surface area contributed by atoms with E-state index in [2.05, 4.69) is 9.98 Å². The Labute approximate surface area is 269 Å². The number of hydrogen-bond acceptors (Lipinski definition) is 17. The summed E-state index contributed by atoms with van der Waals surface area (Å²) in [6, 6.07) is 0. The molecule has 45 heavy (non-hydrogen) atoms. The molecule has 4 N–H and O–H groups in total. The lowest BCUT2D eigenvalue weighted by Gasteiger charge is -2.15. The van der Waals surface area contributed by atoms with Crippen LogP contribution in [0.25, 0.3) is 0 Å². The SMILES string of the molecule is CCOC(=O)c1c(N)sc(/N=C/c2sc(/C=N/c3sc(N)c(C(=O)OCC)c3C(=O)OCC)c3c2OCCO3)c1C(=O)OCC. The summed E-state index contributed by atoms with van der Waals surface area (Å²) in [6.45, 7) is 7.39. The van der Waals surface area contributed by atoms with Gasteiger partial charge in [-0.2, -0.15) is 0 Å². The second-order valence-corrected chi connectivity index (χ2v) is 11.8. The van der Waals surface area contributed by atoms with Crippen LogP contribution in [-0.4, -0.2) is 75.9 Å². The number of hydrogen-bond donors (Lipinski definition) is 2. The molecule has 3 aromatic heterocycles. The number of carbonyl (C=O) groups excluding carboxylic acids is 4. The van der Waals surface area contributed by atoms with E-state index in [9.17, 15) is 19.2 Å². The lowest BCUT2D eigenvalue weighted by molar-refractivity contribution is 0.0481. The molecule has 0 radical (unpaired) electrons. The highest BCUT2D eigenvalue weighted by Gasteiger charge is 2.31. The standard InChI is InChI=1S/C28H30N4O10S3/c1-5-37-25(33)15-17(27(35)39-7-3)23(44-21(15)29)31-11-13-19-20(42-10-9-41-19)14(43-13)12-32-24-18(28(36)40-8-4)16(22(30)45-24)26(34)38-6-2/h11-12H,5-10,29-30H2,1-4H3/b31-11+,32-12+. The van der Waals surface area contributed by atoms with Crippen LogP contribution >= 0.6 is 34.0 Å². The molecule has 0 saturated heterocycles. The smallest absolute Gasteiger partial charge is 0.342 e. The second kappa shape index (κ2) is 15.0. The van der Waals surface area contributed by atoms with E-state index in [1.807, 2.05) is 0 Å². The van der Waals surface area contributed by atoms with E-state index in [1.165, 1.54) is 23.8 Å². The fraction of sp³-hybridized carbons (Fsp3) is 0.357. The second-order valence-electron chi connectivity index (χ2n) is 8.63. The third-order valence-corrected chi connectivity index (χ3v) is 8.68. The van der Waals surface area contributed by atoms with E-state index >= 15 is 0 Å². The van der Waals surface area contributed by atoms with E-state index < -0.39 is 23.9 Å². The van der Waals surface area contributed by atoms with Crippen molar-refractivity contribution in [1.29, 1.82) is 0 Å². The summed E-state index contributed by atoms with van der Waals surface area (Å²) in [5, 5.41) is 0.392. The topological polar surface area (TPSA) is 200 Å². The minimum Gasteiger partial charge on any atom is -0.485 e. The van der Waals surface area contributed by atoms with Crippen LogP contribution in [0.4, 0.5) is 20.0 Å². The predicted molar refractivity (Wildman–Crippen MR) is 171 cm³/mol. The van der Waals surface area contributed by atoms with Gasteiger partial charge in [-0.25, -0.2) is 29.2 Å². The molecule has 240 valence electrons. The number of aliphatic imine (C=N–C) groups is 2. The molecule has 3 aromatic rings. The van der Waals surface area contributed by atoms with Crippen molar-refractivity contribution in [2.24, 2.45) is 9.98 Å². The van der Waals surface area contributed by atoms with E-state index in [4.69, 9.17) is 39.9 Å². The molecule has 4 heterocycles. The number of esters is 4. The first-order valence-electron chi connectivity index (χ1n) is 13.7. The number of nitrogens with two attached hydrogens (primary N) is 2. The van der Waals surface area contributed by atoms with Crippen LogP contribution in [0.5, 0.6) is 11.5 Å². The van der Waals surface area contributed by atoms with Gasteiger partial charge in [-0.3, -0.25) is 0 Å². The molecule has 0 saturated carbocycles. The van der Waals surface area contributed by atoms with Gasteiger partial charge in [0.1, 0.15) is 55.5 Å². The Morgan fingerprint density at radius 3 is 1.29 bits per heavy atom. The minimum absolute atomic E-state index is 0.0547. The van der Waals surface area contributed by atoms with Gasteiger partial charge < -0.3 is 39.9 Å². The van der Waals surface area contributed by atoms with Crippen molar-refractivity contribution in [1.82, 2.24) is 0 Å². The van der Waals surface area contributed by atoms with Crippen molar-refractivity contribution >= 4 is 90.3 Å². The van der Waals surface area contributed by atoms with E-state index in [0.717, 1.165) is 22.7 Å². The Bertz CT molecular complexity index is 1550.